The van der Waals surface area contributed by atoms with Crippen LogP contribution in [0.4, 0.5) is 0 Å². The van der Waals surface area contributed by atoms with Crippen molar-refractivity contribution in [1.82, 2.24) is 20.4 Å². The van der Waals surface area contributed by atoms with Crippen molar-refractivity contribution >= 4 is 5.91 Å². The second-order valence-electron chi connectivity index (χ2n) is 5.02. The number of nitrogens with zero attached hydrogens (tertiary/aromatic N) is 2. The van der Waals surface area contributed by atoms with Gasteiger partial charge < -0.3 is 10.6 Å². The molecule has 1 atom stereocenters. The lowest BCUT2D eigenvalue weighted by molar-refractivity contribution is -0.121. The van der Waals surface area contributed by atoms with Crippen molar-refractivity contribution in [3.63, 3.8) is 0 Å². The van der Waals surface area contributed by atoms with Gasteiger partial charge in [-0.15, -0.1) is 0 Å². The van der Waals surface area contributed by atoms with Gasteiger partial charge >= 0.3 is 0 Å². The third kappa shape index (κ3) is 4.14. The summed E-state index contributed by atoms with van der Waals surface area (Å²) in [5.41, 5.74) is 1.16. The van der Waals surface area contributed by atoms with Crippen LogP contribution in [0.25, 0.3) is 0 Å². The van der Waals surface area contributed by atoms with Gasteiger partial charge in [0.2, 0.25) is 5.91 Å². The van der Waals surface area contributed by atoms with Crippen molar-refractivity contribution in [2.24, 2.45) is 13.0 Å². The van der Waals surface area contributed by atoms with E-state index < -0.39 is 0 Å². The first-order chi connectivity index (χ1) is 8.74. The van der Waals surface area contributed by atoms with Gasteiger partial charge in [-0.1, -0.05) is 0 Å². The van der Waals surface area contributed by atoms with E-state index in [4.69, 9.17) is 0 Å². The summed E-state index contributed by atoms with van der Waals surface area (Å²) >= 11 is 0. The summed E-state index contributed by atoms with van der Waals surface area (Å²) < 4.78 is 1.78. The molecule has 0 saturated carbocycles. The number of carbonyl (C=O) groups is 1. The monoisotopic (exact) mass is 250 g/mol. The van der Waals surface area contributed by atoms with Gasteiger partial charge in [-0.25, -0.2) is 0 Å². The minimum Gasteiger partial charge on any atom is -0.356 e. The summed E-state index contributed by atoms with van der Waals surface area (Å²) in [5.74, 6) is 0.861. The van der Waals surface area contributed by atoms with Crippen molar-refractivity contribution in [3.05, 3.63) is 18.0 Å². The van der Waals surface area contributed by atoms with Gasteiger partial charge in [0.05, 0.1) is 6.20 Å². The molecule has 100 valence electrons. The minimum absolute atomic E-state index is 0.172. The van der Waals surface area contributed by atoms with Gasteiger partial charge in [-0.3, -0.25) is 9.48 Å². The molecule has 0 aliphatic carbocycles. The van der Waals surface area contributed by atoms with Gasteiger partial charge in [0.25, 0.3) is 0 Å². The number of rotatable bonds is 6. The molecular weight excluding hydrogens is 228 g/mol. The highest BCUT2D eigenvalue weighted by Gasteiger charge is 2.15. The van der Waals surface area contributed by atoms with Crippen molar-refractivity contribution in [3.8, 4) is 0 Å². The highest BCUT2D eigenvalue weighted by molar-refractivity contribution is 5.75. The molecule has 1 saturated heterocycles. The van der Waals surface area contributed by atoms with E-state index >= 15 is 0 Å². The molecule has 1 amide bonds. The predicted molar refractivity (Wildman–Crippen MR) is 70.1 cm³/mol. The summed E-state index contributed by atoms with van der Waals surface area (Å²) in [7, 11) is 1.90. The van der Waals surface area contributed by atoms with E-state index in [1.54, 1.807) is 4.68 Å². The van der Waals surface area contributed by atoms with Crippen LogP contribution in [0.2, 0.25) is 0 Å². The first-order valence-corrected chi connectivity index (χ1v) is 6.69. The number of amides is 1. The number of carbonyl (C=O) groups excluding carboxylic acids is 1. The molecule has 1 unspecified atom stereocenters. The Morgan fingerprint density at radius 3 is 3.22 bits per heavy atom. The Morgan fingerprint density at radius 1 is 1.67 bits per heavy atom. The lowest BCUT2D eigenvalue weighted by atomic mass is 10.0. The Bertz CT molecular complexity index is 382. The fourth-order valence-electron chi connectivity index (χ4n) is 2.33. The molecule has 18 heavy (non-hydrogen) atoms. The summed E-state index contributed by atoms with van der Waals surface area (Å²) in [6, 6.07) is 0. The third-order valence-corrected chi connectivity index (χ3v) is 3.44. The van der Waals surface area contributed by atoms with Crippen LogP contribution in [0.5, 0.6) is 0 Å². The van der Waals surface area contributed by atoms with Gasteiger partial charge in [-0.05, 0) is 43.8 Å². The number of hydrogen-bond acceptors (Lipinski definition) is 3. The Labute approximate surface area is 108 Å². The second-order valence-corrected chi connectivity index (χ2v) is 5.02. The molecule has 2 N–H and O–H groups in total. The lowest BCUT2D eigenvalue weighted by Crippen LogP contribution is -2.26. The van der Waals surface area contributed by atoms with E-state index in [1.807, 2.05) is 19.4 Å². The largest absolute Gasteiger partial charge is 0.356 e. The Hall–Kier alpha value is -1.36. The van der Waals surface area contributed by atoms with Crippen molar-refractivity contribution in [2.45, 2.75) is 25.7 Å². The summed E-state index contributed by atoms with van der Waals surface area (Å²) in [5, 5.41) is 10.4. The highest BCUT2D eigenvalue weighted by Crippen LogP contribution is 2.13. The molecule has 2 heterocycles. The maximum absolute atomic E-state index is 11.6. The SMILES string of the molecule is Cn1cc(CCNC(=O)CCC2CCNC2)cn1. The molecule has 0 spiro atoms. The highest BCUT2D eigenvalue weighted by atomic mass is 16.1. The van der Waals surface area contributed by atoms with Gasteiger partial charge in [0.1, 0.15) is 0 Å². The normalized spacial score (nSPS) is 19.1. The molecule has 0 bridgehead atoms. The molecule has 1 aliphatic heterocycles. The molecule has 1 aliphatic rings. The van der Waals surface area contributed by atoms with Crippen molar-refractivity contribution in [1.29, 1.82) is 0 Å². The molecule has 1 aromatic heterocycles. The topological polar surface area (TPSA) is 59.0 Å². The smallest absolute Gasteiger partial charge is 0.220 e. The van der Waals surface area contributed by atoms with Crippen LogP contribution in [0.1, 0.15) is 24.8 Å². The Balaban J connectivity index is 1.57. The third-order valence-electron chi connectivity index (χ3n) is 3.44. The first kappa shape index (κ1) is 13.1. The molecule has 5 nitrogen and oxygen atoms in total. The van der Waals surface area contributed by atoms with Crippen LogP contribution >= 0.6 is 0 Å². The number of hydrogen-bond donors (Lipinski definition) is 2. The predicted octanol–water partition coefficient (Wildman–Crippen LogP) is 0.469. The van der Waals surface area contributed by atoms with Crippen LogP contribution in [0.15, 0.2) is 12.4 Å². The second kappa shape index (κ2) is 6.54. The standard InChI is InChI=1S/C13H22N4O/c1-17-10-12(9-16-17)5-7-15-13(18)3-2-11-4-6-14-8-11/h9-11,14H,2-8H2,1H3,(H,15,18). The van der Waals surface area contributed by atoms with E-state index in [0.717, 1.165) is 31.5 Å². The van der Waals surface area contributed by atoms with Crippen LogP contribution in [-0.4, -0.2) is 35.3 Å². The summed E-state index contributed by atoms with van der Waals surface area (Å²) in [6.45, 7) is 2.88. The van der Waals surface area contributed by atoms with E-state index in [2.05, 4.69) is 15.7 Å². The number of aryl methyl sites for hydroxylation is 1. The Kier molecular flexibility index (Phi) is 4.75. The van der Waals surface area contributed by atoms with E-state index in [0.29, 0.717) is 18.9 Å². The zero-order valence-corrected chi connectivity index (χ0v) is 11.0. The molecular formula is C13H22N4O. The van der Waals surface area contributed by atoms with Crippen LogP contribution < -0.4 is 10.6 Å². The zero-order chi connectivity index (χ0) is 12.8. The van der Waals surface area contributed by atoms with Crippen LogP contribution in [-0.2, 0) is 18.3 Å². The Morgan fingerprint density at radius 2 is 2.56 bits per heavy atom. The molecule has 1 aromatic rings. The minimum atomic E-state index is 0.172. The fraction of sp³-hybridized carbons (Fsp3) is 0.692. The van der Waals surface area contributed by atoms with Crippen LogP contribution in [0, 0.1) is 5.92 Å². The van der Waals surface area contributed by atoms with Crippen molar-refractivity contribution in [2.75, 3.05) is 19.6 Å². The number of aromatic nitrogens is 2. The first-order valence-electron chi connectivity index (χ1n) is 6.69. The van der Waals surface area contributed by atoms with Gasteiger partial charge in [0.15, 0.2) is 0 Å². The maximum atomic E-state index is 11.6. The maximum Gasteiger partial charge on any atom is 0.220 e. The van der Waals surface area contributed by atoms with Crippen LogP contribution in [0.3, 0.4) is 0 Å². The number of nitrogens with one attached hydrogen (secondary N) is 2. The molecule has 0 radical (unpaired) electrons. The quantitative estimate of drug-likeness (QED) is 0.771. The van der Waals surface area contributed by atoms with Gasteiger partial charge in [-0.2, -0.15) is 5.10 Å². The molecule has 2 rings (SSSR count). The van der Waals surface area contributed by atoms with E-state index in [-0.39, 0.29) is 5.91 Å². The summed E-state index contributed by atoms with van der Waals surface area (Å²) in [4.78, 5) is 11.6. The summed E-state index contributed by atoms with van der Waals surface area (Å²) in [6.07, 6.45) is 7.55. The molecule has 0 aromatic carbocycles. The molecule has 5 heteroatoms. The van der Waals surface area contributed by atoms with E-state index in [1.165, 1.54) is 6.42 Å². The van der Waals surface area contributed by atoms with Gasteiger partial charge in [0, 0.05) is 26.2 Å². The lowest BCUT2D eigenvalue weighted by Gasteiger charge is -2.08. The van der Waals surface area contributed by atoms with Crippen molar-refractivity contribution < 1.29 is 4.79 Å². The molecule has 1 fully saturated rings. The van der Waals surface area contributed by atoms with E-state index in [9.17, 15) is 4.79 Å². The fourth-order valence-corrected chi connectivity index (χ4v) is 2.33. The average molecular weight is 250 g/mol. The average Bonchev–Trinajstić information content (AvgIpc) is 2.98. The zero-order valence-electron chi connectivity index (χ0n) is 11.0.